The van der Waals surface area contributed by atoms with Crippen molar-refractivity contribution in [2.75, 3.05) is 13.7 Å². The first-order chi connectivity index (χ1) is 8.54. The molecule has 18 heavy (non-hydrogen) atoms. The lowest BCUT2D eigenvalue weighted by atomic mass is 9.94. The van der Waals surface area contributed by atoms with Gasteiger partial charge in [0.2, 0.25) is 0 Å². The van der Waals surface area contributed by atoms with Crippen LogP contribution in [0.2, 0.25) is 0 Å². The van der Waals surface area contributed by atoms with Crippen LogP contribution >= 0.6 is 0 Å². The van der Waals surface area contributed by atoms with E-state index in [0.29, 0.717) is 12.0 Å². The molecule has 2 N–H and O–H groups in total. The lowest BCUT2D eigenvalue weighted by Crippen LogP contribution is -2.46. The number of aliphatic hydroxyl groups is 1. The molecule has 0 radical (unpaired) electrons. The van der Waals surface area contributed by atoms with Gasteiger partial charge in [0.1, 0.15) is 5.75 Å². The molecular weight excluding hydrogens is 230 g/mol. The highest BCUT2D eigenvalue weighted by atomic mass is 16.5. The molecule has 4 nitrogen and oxygen atoms in total. The van der Waals surface area contributed by atoms with Crippen LogP contribution in [0.5, 0.6) is 5.75 Å². The smallest absolute Gasteiger partial charge is 0.251 e. The molecule has 100 valence electrons. The van der Waals surface area contributed by atoms with Crippen LogP contribution in [0.15, 0.2) is 24.3 Å². The number of nitrogens with one attached hydrogen (secondary N) is 1. The molecule has 1 atom stereocenters. The van der Waals surface area contributed by atoms with E-state index >= 15 is 0 Å². The number of carbonyl (C=O) groups is 1. The summed E-state index contributed by atoms with van der Waals surface area (Å²) in [5, 5.41) is 12.0. The first-order valence-corrected chi connectivity index (χ1v) is 6.12. The van der Waals surface area contributed by atoms with E-state index in [1.165, 1.54) is 0 Å². The van der Waals surface area contributed by atoms with Gasteiger partial charge in [-0.3, -0.25) is 4.79 Å². The van der Waals surface area contributed by atoms with Crippen molar-refractivity contribution in [3.8, 4) is 5.75 Å². The SMILES string of the molecule is CCC(C)(CCO)NC(=O)c1ccc(OC)cc1. The van der Waals surface area contributed by atoms with Crippen LogP contribution in [-0.2, 0) is 0 Å². The lowest BCUT2D eigenvalue weighted by molar-refractivity contribution is 0.0886. The van der Waals surface area contributed by atoms with Crippen molar-refractivity contribution in [1.82, 2.24) is 5.32 Å². The highest BCUT2D eigenvalue weighted by Gasteiger charge is 2.24. The van der Waals surface area contributed by atoms with Crippen LogP contribution in [0.4, 0.5) is 0 Å². The normalized spacial score (nSPS) is 13.8. The van der Waals surface area contributed by atoms with Gasteiger partial charge in [0.25, 0.3) is 5.91 Å². The van der Waals surface area contributed by atoms with E-state index in [0.717, 1.165) is 12.2 Å². The molecular formula is C14H21NO3. The maximum Gasteiger partial charge on any atom is 0.251 e. The van der Waals surface area contributed by atoms with E-state index < -0.39 is 0 Å². The van der Waals surface area contributed by atoms with E-state index in [1.807, 2.05) is 13.8 Å². The maximum absolute atomic E-state index is 12.1. The molecule has 0 spiro atoms. The summed E-state index contributed by atoms with van der Waals surface area (Å²) in [7, 11) is 1.59. The molecule has 0 aliphatic heterocycles. The number of benzene rings is 1. The van der Waals surface area contributed by atoms with Gasteiger partial charge < -0.3 is 15.2 Å². The van der Waals surface area contributed by atoms with Gasteiger partial charge in [0.05, 0.1) is 7.11 Å². The highest BCUT2D eigenvalue weighted by Crippen LogP contribution is 2.16. The van der Waals surface area contributed by atoms with Gasteiger partial charge in [-0.2, -0.15) is 0 Å². The first kappa shape index (κ1) is 14.5. The largest absolute Gasteiger partial charge is 0.497 e. The second kappa shape index (κ2) is 6.40. The summed E-state index contributed by atoms with van der Waals surface area (Å²) >= 11 is 0. The van der Waals surface area contributed by atoms with Crippen LogP contribution in [0.3, 0.4) is 0 Å². The van der Waals surface area contributed by atoms with Crippen molar-refractivity contribution in [3.63, 3.8) is 0 Å². The fourth-order valence-electron chi connectivity index (χ4n) is 1.66. The van der Waals surface area contributed by atoms with Crippen molar-refractivity contribution in [2.45, 2.75) is 32.2 Å². The number of carbonyl (C=O) groups excluding carboxylic acids is 1. The van der Waals surface area contributed by atoms with Crippen molar-refractivity contribution >= 4 is 5.91 Å². The maximum atomic E-state index is 12.1. The molecule has 0 aromatic heterocycles. The van der Waals surface area contributed by atoms with E-state index in [9.17, 15) is 4.79 Å². The zero-order valence-electron chi connectivity index (χ0n) is 11.2. The van der Waals surface area contributed by atoms with Gasteiger partial charge in [-0.05, 0) is 44.0 Å². The zero-order valence-corrected chi connectivity index (χ0v) is 11.2. The standard InChI is InChI=1S/C14H21NO3/c1-4-14(2,9-10-16)15-13(17)11-5-7-12(18-3)8-6-11/h5-8,16H,4,9-10H2,1-3H3,(H,15,17). The molecule has 4 heteroatoms. The van der Waals surface area contributed by atoms with E-state index in [4.69, 9.17) is 9.84 Å². The van der Waals surface area contributed by atoms with E-state index in [-0.39, 0.29) is 18.1 Å². The Hall–Kier alpha value is -1.55. The molecule has 0 aliphatic carbocycles. The number of aliphatic hydroxyl groups excluding tert-OH is 1. The summed E-state index contributed by atoms with van der Waals surface area (Å²) in [6, 6.07) is 6.96. The molecule has 0 saturated carbocycles. The van der Waals surface area contributed by atoms with Crippen molar-refractivity contribution in [3.05, 3.63) is 29.8 Å². The number of amides is 1. The average molecular weight is 251 g/mol. The molecule has 0 fully saturated rings. The van der Waals surface area contributed by atoms with Crippen molar-refractivity contribution < 1.29 is 14.6 Å². The predicted molar refractivity (Wildman–Crippen MR) is 70.9 cm³/mol. The Labute approximate surface area is 108 Å². The Morgan fingerprint density at radius 2 is 2.00 bits per heavy atom. The predicted octanol–water partition coefficient (Wildman–Crippen LogP) is 1.98. The number of methoxy groups -OCH3 is 1. The van der Waals surface area contributed by atoms with Gasteiger partial charge >= 0.3 is 0 Å². The summed E-state index contributed by atoms with van der Waals surface area (Å²) in [5.41, 5.74) is 0.222. The summed E-state index contributed by atoms with van der Waals surface area (Å²) in [4.78, 5) is 12.1. The van der Waals surface area contributed by atoms with Crippen LogP contribution < -0.4 is 10.1 Å². The van der Waals surface area contributed by atoms with Crippen molar-refractivity contribution in [1.29, 1.82) is 0 Å². The van der Waals surface area contributed by atoms with Gasteiger partial charge in [0.15, 0.2) is 0 Å². The third-order valence-corrected chi connectivity index (χ3v) is 3.21. The summed E-state index contributed by atoms with van der Waals surface area (Å²) in [6.45, 7) is 3.99. The Morgan fingerprint density at radius 3 is 2.44 bits per heavy atom. The van der Waals surface area contributed by atoms with E-state index in [1.54, 1.807) is 31.4 Å². The molecule has 0 saturated heterocycles. The minimum atomic E-state index is -0.369. The Bertz CT molecular complexity index is 389. The number of ether oxygens (including phenoxy) is 1. The molecule has 1 rings (SSSR count). The van der Waals surface area contributed by atoms with Gasteiger partial charge in [-0.25, -0.2) is 0 Å². The monoisotopic (exact) mass is 251 g/mol. The van der Waals surface area contributed by atoms with Crippen LogP contribution in [0.25, 0.3) is 0 Å². The number of rotatable bonds is 6. The second-order valence-corrected chi connectivity index (χ2v) is 4.57. The third kappa shape index (κ3) is 3.74. The number of hydrogen-bond acceptors (Lipinski definition) is 3. The summed E-state index contributed by atoms with van der Waals surface area (Å²) in [6.07, 6.45) is 1.32. The molecule has 1 amide bonds. The van der Waals surface area contributed by atoms with Crippen molar-refractivity contribution in [2.24, 2.45) is 0 Å². The quantitative estimate of drug-likeness (QED) is 0.812. The first-order valence-electron chi connectivity index (χ1n) is 6.12. The fourth-order valence-corrected chi connectivity index (χ4v) is 1.66. The van der Waals surface area contributed by atoms with Gasteiger partial charge in [0, 0.05) is 17.7 Å². The molecule has 1 aromatic carbocycles. The van der Waals surface area contributed by atoms with E-state index in [2.05, 4.69) is 5.32 Å². The molecule has 1 unspecified atom stereocenters. The van der Waals surface area contributed by atoms with Crippen LogP contribution in [0.1, 0.15) is 37.0 Å². The summed E-state index contributed by atoms with van der Waals surface area (Å²) in [5.74, 6) is 0.593. The lowest BCUT2D eigenvalue weighted by Gasteiger charge is -2.29. The Balaban J connectivity index is 2.74. The fraction of sp³-hybridized carbons (Fsp3) is 0.500. The molecule has 0 bridgehead atoms. The minimum Gasteiger partial charge on any atom is -0.497 e. The topological polar surface area (TPSA) is 58.6 Å². The minimum absolute atomic E-state index is 0.0627. The highest BCUT2D eigenvalue weighted by molar-refractivity contribution is 5.94. The Morgan fingerprint density at radius 1 is 1.39 bits per heavy atom. The molecule has 0 heterocycles. The van der Waals surface area contributed by atoms with Crippen LogP contribution in [-0.4, -0.2) is 30.3 Å². The third-order valence-electron chi connectivity index (χ3n) is 3.21. The van der Waals surface area contributed by atoms with Gasteiger partial charge in [-0.1, -0.05) is 6.92 Å². The van der Waals surface area contributed by atoms with Gasteiger partial charge in [-0.15, -0.1) is 0 Å². The summed E-state index contributed by atoms with van der Waals surface area (Å²) < 4.78 is 5.04. The molecule has 0 aliphatic rings. The Kier molecular flexibility index (Phi) is 5.16. The molecule has 1 aromatic rings. The zero-order chi connectivity index (χ0) is 13.6. The van der Waals surface area contributed by atoms with Crippen LogP contribution in [0, 0.1) is 0 Å². The number of hydrogen-bond donors (Lipinski definition) is 2. The average Bonchev–Trinajstić information content (AvgIpc) is 2.39. The second-order valence-electron chi connectivity index (χ2n) is 4.57.